The summed E-state index contributed by atoms with van der Waals surface area (Å²) in [6.45, 7) is 2.66. The van der Waals surface area contributed by atoms with Gasteiger partial charge in [-0.1, -0.05) is 48.5 Å². The Morgan fingerprint density at radius 3 is 2.35 bits per heavy atom. The average molecular weight is 353 g/mol. The summed E-state index contributed by atoms with van der Waals surface area (Å²) in [5.74, 6) is 0. The van der Waals surface area contributed by atoms with Crippen LogP contribution < -0.4 is 5.32 Å². The van der Waals surface area contributed by atoms with Crippen molar-refractivity contribution in [3.63, 3.8) is 0 Å². The van der Waals surface area contributed by atoms with E-state index in [4.69, 9.17) is 0 Å². The molecule has 2 aromatic carbocycles. The molecule has 1 heterocycles. The first-order valence-electron chi connectivity index (χ1n) is 7.55. The highest BCUT2D eigenvalue weighted by atomic mass is 35.5. The lowest BCUT2D eigenvalue weighted by molar-refractivity contribution is 0.432. The number of benzene rings is 2. The van der Waals surface area contributed by atoms with Crippen LogP contribution in [0.25, 0.3) is 11.1 Å². The highest BCUT2D eigenvalue weighted by Gasteiger charge is 2.27. The van der Waals surface area contributed by atoms with Crippen LogP contribution in [0, 0.1) is 0 Å². The Hall–Kier alpha value is -1.40. The molecule has 0 amide bonds. The zero-order valence-electron chi connectivity index (χ0n) is 12.8. The van der Waals surface area contributed by atoms with Crippen LogP contribution in [-0.2, 0) is 10.0 Å². The number of nitrogens with one attached hydrogen (secondary N) is 1. The minimum absolute atomic E-state index is 0. The van der Waals surface area contributed by atoms with Crippen LogP contribution in [-0.4, -0.2) is 38.9 Å². The highest BCUT2D eigenvalue weighted by molar-refractivity contribution is 7.89. The van der Waals surface area contributed by atoms with Crippen molar-refractivity contribution in [2.75, 3.05) is 26.2 Å². The van der Waals surface area contributed by atoms with Crippen molar-refractivity contribution in [3.8, 4) is 11.1 Å². The molecule has 3 rings (SSSR count). The minimum Gasteiger partial charge on any atom is -0.315 e. The Balaban J connectivity index is 0.00000192. The number of rotatable bonds is 3. The van der Waals surface area contributed by atoms with Gasteiger partial charge in [0.15, 0.2) is 0 Å². The first-order chi connectivity index (χ1) is 10.7. The zero-order chi connectivity index (χ0) is 15.4. The van der Waals surface area contributed by atoms with Gasteiger partial charge in [0.05, 0.1) is 4.90 Å². The Morgan fingerprint density at radius 2 is 1.57 bits per heavy atom. The molecule has 0 spiro atoms. The Morgan fingerprint density at radius 1 is 0.870 bits per heavy atom. The van der Waals surface area contributed by atoms with Gasteiger partial charge in [-0.25, -0.2) is 8.42 Å². The standard InChI is InChI=1S/C17H20N2O2S.ClH/c20-22(21,19-13-6-11-18-12-14-19)17-10-5-4-9-16(17)15-7-2-1-3-8-15;/h1-5,7-10,18H,6,11-14H2;1H. The van der Waals surface area contributed by atoms with Crippen molar-refractivity contribution in [1.82, 2.24) is 9.62 Å². The van der Waals surface area contributed by atoms with E-state index in [2.05, 4.69) is 5.32 Å². The van der Waals surface area contributed by atoms with E-state index < -0.39 is 10.0 Å². The van der Waals surface area contributed by atoms with Gasteiger partial charge >= 0.3 is 0 Å². The van der Waals surface area contributed by atoms with Gasteiger partial charge in [-0.2, -0.15) is 4.31 Å². The third kappa shape index (κ3) is 3.93. The van der Waals surface area contributed by atoms with Crippen LogP contribution in [0.15, 0.2) is 59.5 Å². The number of sulfonamides is 1. The third-order valence-electron chi connectivity index (χ3n) is 3.89. The maximum Gasteiger partial charge on any atom is 0.243 e. The molecule has 1 N–H and O–H groups in total. The number of hydrogen-bond acceptors (Lipinski definition) is 3. The van der Waals surface area contributed by atoms with Crippen molar-refractivity contribution in [3.05, 3.63) is 54.6 Å². The van der Waals surface area contributed by atoms with Crippen molar-refractivity contribution in [1.29, 1.82) is 0 Å². The van der Waals surface area contributed by atoms with Gasteiger partial charge in [0.1, 0.15) is 0 Å². The predicted molar refractivity (Wildman–Crippen MR) is 95.4 cm³/mol. The van der Waals surface area contributed by atoms with Crippen LogP contribution in [0.4, 0.5) is 0 Å². The first-order valence-corrected chi connectivity index (χ1v) is 8.99. The molecule has 0 unspecified atom stereocenters. The van der Waals surface area contributed by atoms with Crippen molar-refractivity contribution in [2.24, 2.45) is 0 Å². The monoisotopic (exact) mass is 352 g/mol. The van der Waals surface area contributed by atoms with Crippen LogP contribution in [0.3, 0.4) is 0 Å². The second-order valence-electron chi connectivity index (χ2n) is 5.37. The van der Waals surface area contributed by atoms with Crippen molar-refractivity contribution in [2.45, 2.75) is 11.3 Å². The molecule has 0 aliphatic carbocycles. The zero-order valence-corrected chi connectivity index (χ0v) is 14.4. The maximum atomic E-state index is 13.0. The van der Waals surface area contributed by atoms with Gasteiger partial charge in [0.25, 0.3) is 0 Å². The molecule has 6 heteroatoms. The molecule has 1 aliphatic heterocycles. The second-order valence-corrected chi connectivity index (χ2v) is 7.28. The molecule has 4 nitrogen and oxygen atoms in total. The summed E-state index contributed by atoms with van der Waals surface area (Å²) in [5, 5.41) is 3.24. The SMILES string of the molecule is Cl.O=S(=O)(c1ccccc1-c1ccccc1)N1CCCNCC1. The molecule has 0 radical (unpaired) electrons. The van der Waals surface area contributed by atoms with Gasteiger partial charge in [-0.3, -0.25) is 0 Å². The molecule has 0 bridgehead atoms. The molecule has 0 atom stereocenters. The predicted octanol–water partition coefficient (Wildman–Crippen LogP) is 2.76. The Labute approximate surface area is 144 Å². The largest absolute Gasteiger partial charge is 0.315 e. The van der Waals surface area contributed by atoms with E-state index in [0.29, 0.717) is 24.5 Å². The van der Waals surface area contributed by atoms with Crippen LogP contribution in [0.1, 0.15) is 6.42 Å². The van der Waals surface area contributed by atoms with E-state index in [0.717, 1.165) is 24.1 Å². The van der Waals surface area contributed by atoms with Crippen LogP contribution in [0.5, 0.6) is 0 Å². The van der Waals surface area contributed by atoms with E-state index in [1.54, 1.807) is 16.4 Å². The summed E-state index contributed by atoms with van der Waals surface area (Å²) in [6, 6.07) is 16.9. The molecular weight excluding hydrogens is 332 g/mol. The van der Waals surface area contributed by atoms with E-state index in [1.165, 1.54) is 0 Å². The molecule has 1 aliphatic rings. The van der Waals surface area contributed by atoms with Gasteiger partial charge in [0, 0.05) is 25.2 Å². The van der Waals surface area contributed by atoms with Crippen LogP contribution in [0.2, 0.25) is 0 Å². The van der Waals surface area contributed by atoms with E-state index in [9.17, 15) is 8.42 Å². The summed E-state index contributed by atoms with van der Waals surface area (Å²) >= 11 is 0. The fourth-order valence-corrected chi connectivity index (χ4v) is 4.44. The van der Waals surface area contributed by atoms with Gasteiger partial charge in [-0.15, -0.1) is 12.4 Å². The molecule has 0 saturated carbocycles. The van der Waals surface area contributed by atoms with E-state index >= 15 is 0 Å². The highest BCUT2D eigenvalue weighted by Crippen LogP contribution is 2.29. The smallest absolute Gasteiger partial charge is 0.243 e. The Bertz CT molecular complexity index is 727. The summed E-state index contributed by atoms with van der Waals surface area (Å²) < 4.78 is 27.7. The van der Waals surface area contributed by atoms with Gasteiger partial charge in [0.2, 0.25) is 10.0 Å². The summed E-state index contributed by atoms with van der Waals surface area (Å²) in [7, 11) is -3.47. The third-order valence-corrected chi connectivity index (χ3v) is 5.85. The first kappa shape index (κ1) is 17.9. The minimum atomic E-state index is -3.47. The summed E-state index contributed by atoms with van der Waals surface area (Å²) in [4.78, 5) is 0.392. The normalized spacial score (nSPS) is 16.3. The van der Waals surface area contributed by atoms with E-state index in [-0.39, 0.29) is 12.4 Å². The number of hydrogen-bond donors (Lipinski definition) is 1. The molecule has 1 fully saturated rings. The molecule has 124 valence electrons. The van der Waals surface area contributed by atoms with E-state index in [1.807, 2.05) is 42.5 Å². The summed E-state index contributed by atoms with van der Waals surface area (Å²) in [6.07, 6.45) is 0.840. The lowest BCUT2D eigenvalue weighted by atomic mass is 10.1. The van der Waals surface area contributed by atoms with Crippen molar-refractivity contribution < 1.29 is 8.42 Å². The molecular formula is C17H21ClN2O2S. The molecule has 1 saturated heterocycles. The number of nitrogens with zero attached hydrogens (tertiary/aromatic N) is 1. The fraction of sp³-hybridized carbons (Fsp3) is 0.294. The number of halogens is 1. The van der Waals surface area contributed by atoms with Gasteiger partial charge < -0.3 is 5.32 Å². The fourth-order valence-electron chi connectivity index (χ4n) is 2.75. The van der Waals surface area contributed by atoms with Crippen molar-refractivity contribution >= 4 is 22.4 Å². The topological polar surface area (TPSA) is 49.4 Å². The summed E-state index contributed by atoms with van der Waals surface area (Å²) in [5.41, 5.74) is 1.69. The van der Waals surface area contributed by atoms with Crippen LogP contribution >= 0.6 is 12.4 Å². The lowest BCUT2D eigenvalue weighted by Crippen LogP contribution is -2.34. The average Bonchev–Trinajstić information content (AvgIpc) is 2.85. The molecule has 2 aromatic rings. The quantitative estimate of drug-likeness (QED) is 0.924. The molecule has 23 heavy (non-hydrogen) atoms. The maximum absolute atomic E-state index is 13.0. The molecule has 0 aromatic heterocycles. The lowest BCUT2D eigenvalue weighted by Gasteiger charge is -2.21. The van der Waals surface area contributed by atoms with Gasteiger partial charge in [-0.05, 0) is 24.6 Å². The Kier molecular flexibility index (Phi) is 6.18. The second kappa shape index (κ2) is 7.93.